The van der Waals surface area contributed by atoms with E-state index in [2.05, 4.69) is 9.55 Å². The zero-order valence-corrected chi connectivity index (χ0v) is 14.3. The van der Waals surface area contributed by atoms with E-state index in [1.807, 2.05) is 59.9 Å². The van der Waals surface area contributed by atoms with Crippen LogP contribution in [-0.2, 0) is 0 Å². The van der Waals surface area contributed by atoms with E-state index in [0.29, 0.717) is 18.2 Å². The molecular weight excluding hydrogens is 326 g/mol. The molecule has 0 radical (unpaired) electrons. The number of piperidine rings is 1. The second kappa shape index (κ2) is 6.02. The van der Waals surface area contributed by atoms with Crippen LogP contribution in [0, 0.1) is 0 Å². The van der Waals surface area contributed by atoms with Crippen molar-refractivity contribution in [3.05, 3.63) is 66.7 Å². The number of rotatable bonds is 2. The molecule has 1 fully saturated rings. The molecule has 0 aliphatic carbocycles. The molecular formula is C21H19N3O2. The van der Waals surface area contributed by atoms with E-state index in [9.17, 15) is 4.79 Å². The predicted molar refractivity (Wildman–Crippen MR) is 100 cm³/mol. The second-order valence-corrected chi connectivity index (χ2v) is 6.87. The van der Waals surface area contributed by atoms with Crippen LogP contribution in [0.5, 0.6) is 0 Å². The van der Waals surface area contributed by atoms with Crippen molar-refractivity contribution in [1.82, 2.24) is 14.5 Å². The summed E-state index contributed by atoms with van der Waals surface area (Å²) in [4.78, 5) is 19.1. The molecule has 3 heterocycles. The Balaban J connectivity index is 1.45. The van der Waals surface area contributed by atoms with Crippen LogP contribution < -0.4 is 0 Å². The molecule has 0 spiro atoms. The molecule has 1 aliphatic heterocycles. The molecule has 0 bridgehead atoms. The Kier molecular flexibility index (Phi) is 3.52. The number of hydrogen-bond acceptors (Lipinski definition) is 3. The van der Waals surface area contributed by atoms with Crippen molar-refractivity contribution in [3.8, 4) is 0 Å². The van der Waals surface area contributed by atoms with Crippen LogP contribution in [0.3, 0.4) is 0 Å². The van der Waals surface area contributed by atoms with Crippen molar-refractivity contribution in [2.45, 2.75) is 18.9 Å². The fourth-order valence-electron chi connectivity index (χ4n) is 3.91. The maximum Gasteiger partial charge on any atom is 0.254 e. The highest BCUT2D eigenvalue weighted by atomic mass is 16.3. The van der Waals surface area contributed by atoms with Crippen LogP contribution >= 0.6 is 0 Å². The zero-order chi connectivity index (χ0) is 17.5. The van der Waals surface area contributed by atoms with Gasteiger partial charge in [0.1, 0.15) is 11.2 Å². The van der Waals surface area contributed by atoms with Crippen LogP contribution in [0.1, 0.15) is 29.2 Å². The molecule has 0 N–H and O–H groups in total. The second-order valence-electron chi connectivity index (χ2n) is 6.87. The van der Waals surface area contributed by atoms with Gasteiger partial charge in [0.05, 0.1) is 12.4 Å². The minimum Gasteiger partial charge on any atom is -0.456 e. The largest absolute Gasteiger partial charge is 0.456 e. The van der Waals surface area contributed by atoms with E-state index in [-0.39, 0.29) is 5.91 Å². The fraction of sp³-hybridized carbons (Fsp3) is 0.238. The molecule has 26 heavy (non-hydrogen) atoms. The van der Waals surface area contributed by atoms with Crippen LogP contribution in [0.2, 0.25) is 0 Å². The highest BCUT2D eigenvalue weighted by molar-refractivity contribution is 6.07. The Morgan fingerprint density at radius 3 is 2.88 bits per heavy atom. The lowest BCUT2D eigenvalue weighted by molar-refractivity contribution is 0.0679. The summed E-state index contributed by atoms with van der Waals surface area (Å²) in [6.07, 6.45) is 7.67. The number of hydrogen-bond donors (Lipinski definition) is 0. The van der Waals surface area contributed by atoms with Gasteiger partial charge in [0.2, 0.25) is 0 Å². The number of furan rings is 1. The van der Waals surface area contributed by atoms with Gasteiger partial charge < -0.3 is 13.9 Å². The normalized spacial score (nSPS) is 17.8. The first-order chi connectivity index (χ1) is 12.8. The Hall–Kier alpha value is -3.08. The van der Waals surface area contributed by atoms with Crippen LogP contribution in [-0.4, -0.2) is 33.4 Å². The number of imidazole rings is 1. The Morgan fingerprint density at radius 2 is 2.00 bits per heavy atom. The number of aromatic nitrogens is 2. The zero-order valence-electron chi connectivity index (χ0n) is 14.3. The van der Waals surface area contributed by atoms with Crippen molar-refractivity contribution in [1.29, 1.82) is 0 Å². The molecule has 2 aromatic carbocycles. The van der Waals surface area contributed by atoms with E-state index < -0.39 is 0 Å². The average molecular weight is 345 g/mol. The van der Waals surface area contributed by atoms with Crippen LogP contribution in [0.15, 0.2) is 65.6 Å². The first kappa shape index (κ1) is 15.2. The van der Waals surface area contributed by atoms with E-state index in [1.54, 1.807) is 6.20 Å². The highest BCUT2D eigenvalue weighted by Crippen LogP contribution is 2.30. The summed E-state index contributed by atoms with van der Waals surface area (Å²) in [5.41, 5.74) is 2.30. The smallest absolute Gasteiger partial charge is 0.254 e. The SMILES string of the molecule is O=C(c1ccc2c(c1)oc1ccccc12)N1CCCC(n2ccnc2)C1. The maximum atomic E-state index is 13.0. The number of fused-ring (bicyclic) bond motifs is 3. The number of likely N-dealkylation sites (tertiary alicyclic amines) is 1. The van der Waals surface area contributed by atoms with Gasteiger partial charge >= 0.3 is 0 Å². The number of amides is 1. The van der Waals surface area contributed by atoms with E-state index in [0.717, 1.165) is 41.3 Å². The summed E-state index contributed by atoms with van der Waals surface area (Å²) < 4.78 is 8.03. The first-order valence-corrected chi connectivity index (χ1v) is 8.97. The van der Waals surface area contributed by atoms with Crippen molar-refractivity contribution in [3.63, 3.8) is 0 Å². The van der Waals surface area contributed by atoms with E-state index in [4.69, 9.17) is 4.42 Å². The number of carbonyl (C=O) groups excluding carboxylic acids is 1. The molecule has 4 aromatic rings. The quantitative estimate of drug-likeness (QED) is 0.545. The molecule has 1 amide bonds. The number of para-hydroxylation sites is 1. The van der Waals surface area contributed by atoms with E-state index >= 15 is 0 Å². The third-order valence-corrected chi connectivity index (χ3v) is 5.26. The molecule has 130 valence electrons. The van der Waals surface area contributed by atoms with Crippen molar-refractivity contribution >= 4 is 27.8 Å². The lowest BCUT2D eigenvalue weighted by Crippen LogP contribution is -2.40. The maximum absolute atomic E-state index is 13.0. The lowest BCUT2D eigenvalue weighted by Gasteiger charge is -2.33. The number of carbonyl (C=O) groups is 1. The van der Waals surface area contributed by atoms with Gasteiger partial charge in [0, 0.05) is 41.8 Å². The third kappa shape index (κ3) is 2.47. The first-order valence-electron chi connectivity index (χ1n) is 8.97. The van der Waals surface area contributed by atoms with Crippen molar-refractivity contribution in [2.24, 2.45) is 0 Å². The Bertz CT molecular complexity index is 1080. The summed E-state index contributed by atoms with van der Waals surface area (Å²) >= 11 is 0. The minimum absolute atomic E-state index is 0.0668. The highest BCUT2D eigenvalue weighted by Gasteiger charge is 2.25. The van der Waals surface area contributed by atoms with Gasteiger partial charge in [-0.15, -0.1) is 0 Å². The molecule has 1 aliphatic rings. The van der Waals surface area contributed by atoms with Crippen LogP contribution in [0.25, 0.3) is 21.9 Å². The van der Waals surface area contributed by atoms with Gasteiger partial charge in [0.25, 0.3) is 5.91 Å². The Morgan fingerprint density at radius 1 is 1.12 bits per heavy atom. The minimum atomic E-state index is 0.0668. The predicted octanol–water partition coefficient (Wildman–Crippen LogP) is 4.26. The van der Waals surface area contributed by atoms with Gasteiger partial charge in [-0.25, -0.2) is 4.98 Å². The molecule has 0 saturated carbocycles. The summed E-state index contributed by atoms with van der Waals surface area (Å²) in [5.74, 6) is 0.0668. The van der Waals surface area contributed by atoms with Crippen LogP contribution in [0.4, 0.5) is 0 Å². The van der Waals surface area contributed by atoms with Gasteiger partial charge in [-0.3, -0.25) is 4.79 Å². The number of nitrogens with zero attached hydrogens (tertiary/aromatic N) is 3. The van der Waals surface area contributed by atoms with Gasteiger partial charge in [-0.1, -0.05) is 18.2 Å². The Labute approximate surface area is 150 Å². The molecule has 5 nitrogen and oxygen atoms in total. The van der Waals surface area contributed by atoms with Crippen molar-refractivity contribution in [2.75, 3.05) is 13.1 Å². The standard InChI is InChI=1S/C21H19N3O2/c25-21(23-10-3-4-16(13-23)24-11-9-22-14-24)15-7-8-18-17-5-1-2-6-19(17)26-20(18)12-15/h1-2,5-9,11-12,14,16H,3-4,10,13H2. The molecule has 2 aromatic heterocycles. The summed E-state index contributed by atoms with van der Waals surface area (Å²) in [7, 11) is 0. The topological polar surface area (TPSA) is 51.3 Å². The van der Waals surface area contributed by atoms with E-state index in [1.165, 1.54) is 0 Å². The molecule has 1 unspecified atom stereocenters. The molecule has 1 atom stereocenters. The monoisotopic (exact) mass is 345 g/mol. The van der Waals surface area contributed by atoms with Gasteiger partial charge in [-0.05, 0) is 37.1 Å². The fourth-order valence-corrected chi connectivity index (χ4v) is 3.91. The average Bonchev–Trinajstić information content (AvgIpc) is 3.35. The van der Waals surface area contributed by atoms with Crippen molar-refractivity contribution < 1.29 is 9.21 Å². The van der Waals surface area contributed by atoms with Gasteiger partial charge in [0.15, 0.2) is 0 Å². The third-order valence-electron chi connectivity index (χ3n) is 5.26. The molecule has 5 heteroatoms. The molecule has 1 saturated heterocycles. The molecule has 5 rings (SSSR count). The van der Waals surface area contributed by atoms with Gasteiger partial charge in [-0.2, -0.15) is 0 Å². The number of benzene rings is 2. The summed E-state index contributed by atoms with van der Waals surface area (Å²) in [6.45, 7) is 1.51. The summed E-state index contributed by atoms with van der Waals surface area (Å²) in [5, 5.41) is 2.13. The lowest BCUT2D eigenvalue weighted by atomic mass is 10.0. The summed E-state index contributed by atoms with van der Waals surface area (Å²) in [6, 6.07) is 14.0.